The van der Waals surface area contributed by atoms with E-state index in [2.05, 4.69) is 0 Å². The Labute approximate surface area is 159 Å². The van der Waals surface area contributed by atoms with E-state index >= 15 is 0 Å². The van der Waals surface area contributed by atoms with Gasteiger partial charge in [-0.05, 0) is 36.8 Å². The van der Waals surface area contributed by atoms with Gasteiger partial charge in [-0.3, -0.25) is 4.79 Å². The lowest BCUT2D eigenvalue weighted by atomic mass is 10.1. The van der Waals surface area contributed by atoms with Gasteiger partial charge in [0, 0.05) is 31.7 Å². The molecular formula is C21H24N2O4. The summed E-state index contributed by atoms with van der Waals surface area (Å²) in [5, 5.41) is 0. The van der Waals surface area contributed by atoms with E-state index in [1.807, 2.05) is 37.3 Å². The van der Waals surface area contributed by atoms with Gasteiger partial charge < -0.3 is 19.3 Å². The number of hydrogen-bond donors (Lipinski definition) is 0. The Morgan fingerprint density at radius 2 is 1.52 bits per heavy atom. The lowest BCUT2D eigenvalue weighted by Crippen LogP contribution is -2.50. The minimum absolute atomic E-state index is 0.0321. The molecule has 1 saturated heterocycles. The molecule has 6 nitrogen and oxygen atoms in total. The first-order valence-corrected chi connectivity index (χ1v) is 9.15. The van der Waals surface area contributed by atoms with Crippen LogP contribution in [0.4, 0.5) is 4.79 Å². The zero-order chi connectivity index (χ0) is 19.1. The third-order valence-corrected chi connectivity index (χ3v) is 4.44. The van der Waals surface area contributed by atoms with Crippen molar-refractivity contribution in [3.8, 4) is 5.75 Å². The van der Waals surface area contributed by atoms with E-state index in [1.165, 1.54) is 0 Å². The summed E-state index contributed by atoms with van der Waals surface area (Å²) in [7, 11) is 0. The van der Waals surface area contributed by atoms with Crippen molar-refractivity contribution < 1.29 is 19.1 Å². The van der Waals surface area contributed by atoms with Crippen LogP contribution in [0.3, 0.4) is 0 Å². The maximum atomic E-state index is 12.6. The summed E-state index contributed by atoms with van der Waals surface area (Å²) in [6.45, 7) is 4.69. The Morgan fingerprint density at radius 1 is 0.889 bits per heavy atom. The molecule has 2 amide bonds. The minimum Gasteiger partial charge on any atom is -0.494 e. The van der Waals surface area contributed by atoms with Crippen molar-refractivity contribution in [1.29, 1.82) is 0 Å². The van der Waals surface area contributed by atoms with Crippen LogP contribution < -0.4 is 4.74 Å². The van der Waals surface area contributed by atoms with Crippen LogP contribution in [0.1, 0.15) is 22.8 Å². The van der Waals surface area contributed by atoms with Crippen LogP contribution in [-0.2, 0) is 11.3 Å². The predicted molar refractivity (Wildman–Crippen MR) is 102 cm³/mol. The summed E-state index contributed by atoms with van der Waals surface area (Å²) < 4.78 is 10.8. The minimum atomic E-state index is -0.341. The molecule has 0 atom stereocenters. The fourth-order valence-corrected chi connectivity index (χ4v) is 2.95. The van der Waals surface area contributed by atoms with Gasteiger partial charge in [0.25, 0.3) is 5.91 Å². The van der Waals surface area contributed by atoms with Gasteiger partial charge in [0.15, 0.2) is 0 Å². The van der Waals surface area contributed by atoms with Crippen molar-refractivity contribution in [2.24, 2.45) is 0 Å². The molecule has 0 aliphatic carbocycles. The van der Waals surface area contributed by atoms with Gasteiger partial charge in [0.2, 0.25) is 0 Å². The monoisotopic (exact) mass is 368 g/mol. The summed E-state index contributed by atoms with van der Waals surface area (Å²) in [5.74, 6) is 0.718. The molecule has 0 spiro atoms. The zero-order valence-corrected chi connectivity index (χ0v) is 15.5. The first-order valence-electron chi connectivity index (χ1n) is 9.15. The highest BCUT2D eigenvalue weighted by molar-refractivity contribution is 5.94. The van der Waals surface area contributed by atoms with Crippen LogP contribution in [0, 0.1) is 0 Å². The number of carbonyl (C=O) groups excluding carboxylic acids is 2. The molecule has 0 bridgehead atoms. The quantitative estimate of drug-likeness (QED) is 0.813. The summed E-state index contributed by atoms with van der Waals surface area (Å²) in [6, 6.07) is 16.7. The first-order chi connectivity index (χ1) is 13.2. The third kappa shape index (κ3) is 5.00. The van der Waals surface area contributed by atoms with Gasteiger partial charge in [-0.2, -0.15) is 0 Å². The normalized spacial score (nSPS) is 14.0. The molecule has 0 radical (unpaired) electrons. The Bertz CT molecular complexity index is 754. The number of carbonyl (C=O) groups is 2. The summed E-state index contributed by atoms with van der Waals surface area (Å²) in [6.07, 6.45) is -0.341. The number of benzene rings is 2. The smallest absolute Gasteiger partial charge is 0.410 e. The van der Waals surface area contributed by atoms with E-state index in [-0.39, 0.29) is 18.6 Å². The van der Waals surface area contributed by atoms with E-state index in [9.17, 15) is 9.59 Å². The maximum Gasteiger partial charge on any atom is 0.410 e. The van der Waals surface area contributed by atoms with Crippen molar-refractivity contribution in [1.82, 2.24) is 9.80 Å². The lowest BCUT2D eigenvalue weighted by Gasteiger charge is -2.34. The molecule has 6 heteroatoms. The predicted octanol–water partition coefficient (Wildman–Crippen LogP) is 3.18. The Balaban J connectivity index is 1.47. The SMILES string of the molecule is CCOc1ccc(C(=O)N2CCN(C(=O)OCc3ccccc3)CC2)cc1. The van der Waals surface area contributed by atoms with Crippen LogP contribution in [0.25, 0.3) is 0 Å². The molecule has 0 saturated carbocycles. The van der Waals surface area contributed by atoms with Crippen LogP contribution in [-0.4, -0.2) is 54.6 Å². The highest BCUT2D eigenvalue weighted by atomic mass is 16.6. The van der Waals surface area contributed by atoms with Gasteiger partial charge in [-0.15, -0.1) is 0 Å². The number of hydrogen-bond acceptors (Lipinski definition) is 4. The average Bonchev–Trinajstić information content (AvgIpc) is 2.73. The average molecular weight is 368 g/mol. The van der Waals surface area contributed by atoms with Crippen molar-refractivity contribution in [2.45, 2.75) is 13.5 Å². The molecule has 0 aromatic heterocycles. The second-order valence-electron chi connectivity index (χ2n) is 6.28. The molecular weight excluding hydrogens is 344 g/mol. The number of nitrogens with zero attached hydrogens (tertiary/aromatic N) is 2. The first kappa shape index (κ1) is 18.8. The number of piperazine rings is 1. The molecule has 142 valence electrons. The van der Waals surface area contributed by atoms with Crippen LogP contribution in [0.5, 0.6) is 5.75 Å². The molecule has 1 heterocycles. The fraction of sp³-hybridized carbons (Fsp3) is 0.333. The highest BCUT2D eigenvalue weighted by Gasteiger charge is 2.25. The van der Waals surface area contributed by atoms with Gasteiger partial charge in [0.1, 0.15) is 12.4 Å². The zero-order valence-electron chi connectivity index (χ0n) is 15.5. The topological polar surface area (TPSA) is 59.1 Å². The second-order valence-corrected chi connectivity index (χ2v) is 6.28. The van der Waals surface area contributed by atoms with Crippen LogP contribution in [0.2, 0.25) is 0 Å². The van der Waals surface area contributed by atoms with Crippen LogP contribution >= 0.6 is 0 Å². The summed E-state index contributed by atoms with van der Waals surface area (Å²) in [4.78, 5) is 28.2. The van der Waals surface area contributed by atoms with E-state index in [4.69, 9.17) is 9.47 Å². The largest absolute Gasteiger partial charge is 0.494 e. The number of rotatable bonds is 5. The van der Waals surface area contributed by atoms with E-state index in [1.54, 1.807) is 34.1 Å². The number of ether oxygens (including phenoxy) is 2. The summed E-state index contributed by atoms with van der Waals surface area (Å²) >= 11 is 0. The van der Waals surface area contributed by atoms with E-state index in [0.717, 1.165) is 11.3 Å². The van der Waals surface area contributed by atoms with Crippen molar-refractivity contribution in [3.05, 3.63) is 65.7 Å². The molecule has 3 rings (SSSR count). The molecule has 2 aromatic carbocycles. The Morgan fingerprint density at radius 3 is 2.15 bits per heavy atom. The van der Waals surface area contributed by atoms with E-state index < -0.39 is 0 Å². The maximum absolute atomic E-state index is 12.6. The molecule has 2 aromatic rings. The fourth-order valence-electron chi connectivity index (χ4n) is 2.95. The second kappa shape index (κ2) is 9.07. The number of amides is 2. The summed E-state index contributed by atoms with van der Waals surface area (Å²) in [5.41, 5.74) is 1.58. The van der Waals surface area contributed by atoms with Gasteiger partial charge in [-0.1, -0.05) is 30.3 Å². The van der Waals surface area contributed by atoms with Gasteiger partial charge >= 0.3 is 6.09 Å². The molecule has 1 fully saturated rings. The van der Waals surface area contributed by atoms with Crippen molar-refractivity contribution in [2.75, 3.05) is 32.8 Å². The molecule has 0 unspecified atom stereocenters. The third-order valence-electron chi connectivity index (χ3n) is 4.44. The van der Waals surface area contributed by atoms with Crippen LogP contribution in [0.15, 0.2) is 54.6 Å². The van der Waals surface area contributed by atoms with E-state index in [0.29, 0.717) is 38.3 Å². The Hall–Kier alpha value is -3.02. The van der Waals surface area contributed by atoms with Crippen molar-refractivity contribution >= 4 is 12.0 Å². The highest BCUT2D eigenvalue weighted by Crippen LogP contribution is 2.15. The Kier molecular flexibility index (Phi) is 6.30. The van der Waals surface area contributed by atoms with Gasteiger partial charge in [-0.25, -0.2) is 4.79 Å². The van der Waals surface area contributed by atoms with Gasteiger partial charge in [0.05, 0.1) is 6.61 Å². The molecule has 0 N–H and O–H groups in total. The molecule has 27 heavy (non-hydrogen) atoms. The molecule has 1 aliphatic rings. The lowest BCUT2D eigenvalue weighted by molar-refractivity contribution is 0.0544. The standard InChI is InChI=1S/C21H24N2O4/c1-2-26-19-10-8-18(9-11-19)20(24)22-12-14-23(15-13-22)21(25)27-16-17-6-4-3-5-7-17/h3-11H,2,12-16H2,1H3. The molecule has 1 aliphatic heterocycles. The van der Waals surface area contributed by atoms with Crippen molar-refractivity contribution in [3.63, 3.8) is 0 Å².